The van der Waals surface area contributed by atoms with Crippen molar-refractivity contribution in [2.45, 2.75) is 73.7 Å². The number of carbonyl (C=O) groups is 2. The quantitative estimate of drug-likeness (QED) is 0.112. The van der Waals surface area contributed by atoms with Crippen molar-refractivity contribution < 1.29 is 68.8 Å². The summed E-state index contributed by atoms with van der Waals surface area (Å²) in [5, 5.41) is 69.8. The number of carbonyl (C=O) groups excluding carboxylic acids is 1. The average molecular weight is 598 g/mol. The largest absolute Gasteiger partial charge is 0.479 e. The Morgan fingerprint density at radius 1 is 1.32 bits per heavy atom. The van der Waals surface area contributed by atoms with Gasteiger partial charge in [-0.3, -0.25) is 13.9 Å². The molecule has 2 fully saturated rings. The highest BCUT2D eigenvalue weighted by Crippen LogP contribution is 2.61. The van der Waals surface area contributed by atoms with Crippen LogP contribution in [-0.2, 0) is 28.2 Å². The molecule has 1 aromatic rings. The molecule has 2 aliphatic heterocycles. The third kappa shape index (κ3) is 6.04. The summed E-state index contributed by atoms with van der Waals surface area (Å²) >= 11 is 0. The van der Waals surface area contributed by atoms with Gasteiger partial charge in [0.15, 0.2) is 6.23 Å². The van der Waals surface area contributed by atoms with Crippen molar-refractivity contribution in [1.82, 2.24) is 14.9 Å². The lowest BCUT2D eigenvalue weighted by molar-refractivity contribution is -0.212. The van der Waals surface area contributed by atoms with Crippen LogP contribution in [0.4, 0.5) is 5.82 Å². The molecule has 2 saturated heterocycles. The summed E-state index contributed by atoms with van der Waals surface area (Å²) in [5.74, 6) is -3.05. The van der Waals surface area contributed by atoms with Gasteiger partial charge in [0.2, 0.25) is 5.91 Å². The number of aliphatic carboxylic acids is 1. The number of nitrogens with zero attached hydrogens (tertiary/aromatic N) is 2. The molecule has 20 heteroatoms. The summed E-state index contributed by atoms with van der Waals surface area (Å²) in [6.45, 7) is -1.10. The van der Waals surface area contributed by atoms with E-state index in [4.69, 9.17) is 19.7 Å². The van der Waals surface area contributed by atoms with Crippen molar-refractivity contribution in [2.75, 3.05) is 18.9 Å². The Kier molecular flexibility index (Phi) is 9.70. The van der Waals surface area contributed by atoms with E-state index in [1.165, 1.54) is 6.07 Å². The fraction of sp³-hybridized carbons (Fsp3) is 0.700. The summed E-state index contributed by atoms with van der Waals surface area (Å²) in [6.07, 6.45) is -14.9. The van der Waals surface area contributed by atoms with Gasteiger partial charge in [-0.15, -0.1) is 0 Å². The summed E-state index contributed by atoms with van der Waals surface area (Å²) < 4.78 is 29.8. The molecule has 0 bridgehead atoms. The van der Waals surface area contributed by atoms with Crippen molar-refractivity contribution in [3.63, 3.8) is 0 Å². The normalized spacial score (nSPS) is 35.5. The number of hydrogen-bond donors (Lipinski definition) is 10. The SMILES string of the molecule is CC(=O)N[C@H]1[C@H]([C@H](O)[C@H](O)CO)O[C@@](C(=O)O)(P(=O)(O)OC[C@H]2O[C@@H](n3ccc(N)nc3=O)[C@@H](O)[C@H]2O)C[C@@H]1O. The monoisotopic (exact) mass is 598 g/mol. The van der Waals surface area contributed by atoms with Gasteiger partial charge in [0.25, 0.3) is 5.34 Å². The van der Waals surface area contributed by atoms with Gasteiger partial charge < -0.3 is 65.7 Å². The molecule has 226 valence electrons. The third-order valence-electron chi connectivity index (χ3n) is 6.54. The van der Waals surface area contributed by atoms with Gasteiger partial charge in [-0.25, -0.2) is 9.59 Å². The minimum absolute atomic E-state index is 0.139. The van der Waals surface area contributed by atoms with E-state index in [-0.39, 0.29) is 5.82 Å². The number of nitrogen functional groups attached to an aromatic ring is 1. The smallest absolute Gasteiger partial charge is 0.371 e. The number of carboxylic acid groups (broad SMARTS) is 1. The van der Waals surface area contributed by atoms with Crippen LogP contribution in [0.5, 0.6) is 0 Å². The number of hydrogen-bond acceptors (Lipinski definition) is 15. The topological polar surface area (TPSA) is 314 Å². The maximum atomic E-state index is 13.4. The van der Waals surface area contributed by atoms with E-state index in [0.717, 1.165) is 17.7 Å². The number of ether oxygens (including phenoxy) is 2. The van der Waals surface area contributed by atoms with Crippen LogP contribution in [0.15, 0.2) is 17.1 Å². The predicted octanol–water partition coefficient (Wildman–Crippen LogP) is -5.20. The minimum Gasteiger partial charge on any atom is -0.479 e. The number of nitrogens with two attached hydrogens (primary N) is 1. The number of amides is 1. The second-order valence-electron chi connectivity index (χ2n) is 9.32. The van der Waals surface area contributed by atoms with Crippen molar-refractivity contribution in [1.29, 1.82) is 0 Å². The zero-order chi connectivity index (χ0) is 30.2. The summed E-state index contributed by atoms with van der Waals surface area (Å²) in [6, 6.07) is -0.394. The Morgan fingerprint density at radius 2 is 1.98 bits per heavy atom. The fourth-order valence-corrected chi connectivity index (χ4v) is 5.91. The van der Waals surface area contributed by atoms with Crippen LogP contribution in [0.1, 0.15) is 19.6 Å². The first kappa shape index (κ1) is 32.0. The standard InChI is InChI=1S/C20H31N4O15P/c1-7(26)22-12-8(27)4-20(18(32)33,39-16(12)13(29)9(28)5-25)40(35,36)37-6-10-14(30)15(31)17(38-10)24-3-2-11(21)23-19(24)34/h2-3,8-10,12-17,25,27-31H,4-6H2,1H3,(H,22,26)(H,32,33)(H,35,36)(H2,21,23,34)/t8-,9+,10+,12+,13+,14-,15-,16+,17+,20+/m0/s1. The number of anilines is 1. The first-order valence-electron chi connectivity index (χ1n) is 11.7. The molecule has 0 radical (unpaired) electrons. The lowest BCUT2D eigenvalue weighted by Gasteiger charge is -2.47. The van der Waals surface area contributed by atoms with E-state index in [9.17, 15) is 59.6 Å². The van der Waals surface area contributed by atoms with E-state index in [1.54, 1.807) is 0 Å². The molecule has 0 aromatic carbocycles. The summed E-state index contributed by atoms with van der Waals surface area (Å²) in [7, 11) is -5.60. The molecule has 19 nitrogen and oxygen atoms in total. The van der Waals surface area contributed by atoms with Gasteiger partial charge in [0.05, 0.1) is 25.4 Å². The van der Waals surface area contributed by atoms with E-state index >= 15 is 0 Å². The molecule has 0 aliphatic carbocycles. The van der Waals surface area contributed by atoms with Crippen molar-refractivity contribution >= 4 is 25.3 Å². The molecule has 3 rings (SSSR count). The molecular weight excluding hydrogens is 567 g/mol. The molecule has 11 atom stereocenters. The molecule has 40 heavy (non-hydrogen) atoms. The zero-order valence-corrected chi connectivity index (χ0v) is 21.7. The molecule has 3 heterocycles. The maximum Gasteiger partial charge on any atom is 0.371 e. The first-order chi connectivity index (χ1) is 18.6. The van der Waals surface area contributed by atoms with E-state index in [0.29, 0.717) is 0 Å². The lowest BCUT2D eigenvalue weighted by atomic mass is 9.89. The summed E-state index contributed by atoms with van der Waals surface area (Å²) in [5.41, 5.74) is 4.46. The molecule has 1 aromatic heterocycles. The Bertz CT molecular complexity index is 1200. The first-order valence-corrected chi connectivity index (χ1v) is 13.3. The molecular formula is C20H31N4O15P. The molecule has 1 unspecified atom stereocenters. The van der Waals surface area contributed by atoms with Gasteiger partial charge in [-0.2, -0.15) is 4.98 Å². The van der Waals surface area contributed by atoms with Crippen molar-refractivity contribution in [2.24, 2.45) is 0 Å². The number of carboxylic acids is 1. The lowest BCUT2D eigenvalue weighted by Crippen LogP contribution is -2.67. The number of aromatic nitrogens is 2. The van der Waals surface area contributed by atoms with Gasteiger partial charge >= 0.3 is 19.3 Å². The van der Waals surface area contributed by atoms with Crippen molar-refractivity contribution in [3.8, 4) is 0 Å². The number of rotatable bonds is 10. The highest BCUT2D eigenvalue weighted by atomic mass is 31.2. The van der Waals surface area contributed by atoms with Crippen LogP contribution in [0, 0.1) is 0 Å². The van der Waals surface area contributed by atoms with Gasteiger partial charge in [-0.1, -0.05) is 0 Å². The molecule has 0 saturated carbocycles. The van der Waals surface area contributed by atoms with Crippen molar-refractivity contribution in [3.05, 3.63) is 22.7 Å². The molecule has 1 amide bonds. The molecule has 2 aliphatic rings. The van der Waals surface area contributed by atoms with E-state index in [2.05, 4.69) is 10.3 Å². The third-order valence-corrected chi connectivity index (χ3v) is 8.43. The van der Waals surface area contributed by atoms with E-state index < -0.39 is 105 Å². The highest BCUT2D eigenvalue weighted by Gasteiger charge is 2.65. The zero-order valence-electron chi connectivity index (χ0n) is 20.8. The Morgan fingerprint density at radius 3 is 2.52 bits per heavy atom. The van der Waals surface area contributed by atoms with E-state index in [1.807, 2.05) is 0 Å². The number of aliphatic hydroxyl groups excluding tert-OH is 6. The van der Waals surface area contributed by atoms with Gasteiger partial charge in [-0.05, 0) is 6.07 Å². The van der Waals surface area contributed by atoms with Crippen LogP contribution in [0.3, 0.4) is 0 Å². The predicted molar refractivity (Wildman–Crippen MR) is 127 cm³/mol. The Balaban J connectivity index is 1.87. The van der Waals surface area contributed by atoms with Crippen LogP contribution in [-0.4, -0.2) is 129 Å². The Hall–Kier alpha value is -2.55. The molecule has 11 N–H and O–H groups in total. The summed E-state index contributed by atoms with van der Waals surface area (Å²) in [4.78, 5) is 50.3. The van der Waals surface area contributed by atoms with Crippen LogP contribution in [0.2, 0.25) is 0 Å². The second kappa shape index (κ2) is 12.1. The van der Waals surface area contributed by atoms with Gasteiger partial charge in [0, 0.05) is 19.5 Å². The fourth-order valence-electron chi connectivity index (χ4n) is 4.43. The van der Waals surface area contributed by atoms with Crippen LogP contribution >= 0.6 is 7.60 Å². The highest BCUT2D eigenvalue weighted by molar-refractivity contribution is 7.55. The average Bonchev–Trinajstić information content (AvgIpc) is 3.15. The second-order valence-corrected chi connectivity index (χ2v) is 11.3. The number of aliphatic hydroxyl groups is 6. The minimum atomic E-state index is -5.60. The van der Waals surface area contributed by atoms with Gasteiger partial charge in [0.1, 0.15) is 42.4 Å². The van der Waals surface area contributed by atoms with Crippen LogP contribution < -0.4 is 16.7 Å². The molecule has 0 spiro atoms. The number of nitrogens with one attached hydrogen (secondary N) is 1. The maximum absolute atomic E-state index is 13.4. The van der Waals surface area contributed by atoms with Crippen LogP contribution in [0.25, 0.3) is 0 Å². The Labute approximate surface area is 224 Å².